The second-order valence-corrected chi connectivity index (χ2v) is 16.1. The predicted molar refractivity (Wildman–Crippen MR) is 261 cm³/mol. The van der Waals surface area contributed by atoms with E-state index in [0.29, 0.717) is 5.82 Å². The molecule has 294 valence electrons. The Morgan fingerprint density at radius 2 is 0.825 bits per heavy atom. The van der Waals surface area contributed by atoms with E-state index in [1.54, 1.807) is 0 Å². The molecule has 0 radical (unpaired) electrons. The molecular formula is C58H37N5. The number of hydrogen-bond donors (Lipinski definition) is 0. The van der Waals surface area contributed by atoms with Gasteiger partial charge in [0.25, 0.3) is 0 Å². The Bertz CT molecular complexity index is 3820. The van der Waals surface area contributed by atoms with E-state index in [0.717, 1.165) is 72.6 Å². The van der Waals surface area contributed by atoms with E-state index in [-0.39, 0.29) is 0 Å². The summed E-state index contributed by atoms with van der Waals surface area (Å²) in [6.07, 6.45) is 0. The molecule has 63 heavy (non-hydrogen) atoms. The molecule has 0 aliphatic rings. The molecule has 5 heteroatoms. The molecule has 0 spiro atoms. The highest BCUT2D eigenvalue weighted by Crippen LogP contribution is 2.46. The van der Waals surface area contributed by atoms with Gasteiger partial charge in [-0.25, -0.2) is 9.97 Å². The topological polar surface area (TPSA) is 40.6 Å². The Kier molecular flexibility index (Phi) is 7.84. The van der Waals surface area contributed by atoms with Crippen LogP contribution < -0.4 is 0 Å². The standard InChI is InChI=1S/C58H37N5/c1-5-19-38(20-6-1)48-37-49(60-58(59-48)39-21-7-2-8-22-39)46-31-17-29-44-45-35-36-52-54(57(45)62(55(44)46)41-25-11-4-12-26-41)47-28-14-16-33-51(47)63(52)53-34-18-30-43-42-27-13-15-32-50(42)61(56(43)53)40-23-9-3-10-24-40/h1-37H. The minimum atomic E-state index is 0.693. The molecule has 0 saturated heterocycles. The summed E-state index contributed by atoms with van der Waals surface area (Å²) in [5.41, 5.74) is 15.1. The lowest BCUT2D eigenvalue weighted by Crippen LogP contribution is -2.00. The molecule has 13 rings (SSSR count). The highest BCUT2D eigenvalue weighted by Gasteiger charge is 2.25. The van der Waals surface area contributed by atoms with Crippen molar-refractivity contribution in [3.8, 4) is 51.0 Å². The van der Waals surface area contributed by atoms with Gasteiger partial charge >= 0.3 is 0 Å². The van der Waals surface area contributed by atoms with Gasteiger partial charge in [-0.05, 0) is 54.6 Å². The lowest BCUT2D eigenvalue weighted by molar-refractivity contribution is 1.13. The fourth-order valence-corrected chi connectivity index (χ4v) is 9.99. The van der Waals surface area contributed by atoms with Gasteiger partial charge in [-0.3, -0.25) is 0 Å². The number of para-hydroxylation sites is 6. The van der Waals surface area contributed by atoms with Crippen LogP contribution in [0.25, 0.3) is 116 Å². The maximum absolute atomic E-state index is 5.36. The average Bonchev–Trinajstić information content (AvgIpc) is 4.01. The molecule has 13 aromatic rings. The van der Waals surface area contributed by atoms with E-state index in [1.165, 1.54) is 38.0 Å². The molecule has 4 heterocycles. The fraction of sp³-hybridized carbons (Fsp3) is 0. The molecule has 9 aromatic carbocycles. The molecular weight excluding hydrogens is 767 g/mol. The van der Waals surface area contributed by atoms with Crippen molar-refractivity contribution in [2.45, 2.75) is 0 Å². The molecule has 0 unspecified atom stereocenters. The predicted octanol–water partition coefficient (Wildman–Crippen LogP) is 14.8. The van der Waals surface area contributed by atoms with Gasteiger partial charge in [0.1, 0.15) is 0 Å². The Hall–Kier alpha value is -8.54. The number of rotatable bonds is 6. The van der Waals surface area contributed by atoms with Crippen molar-refractivity contribution >= 4 is 65.4 Å². The van der Waals surface area contributed by atoms with Gasteiger partial charge in [-0.15, -0.1) is 0 Å². The smallest absolute Gasteiger partial charge is 0.160 e. The van der Waals surface area contributed by atoms with Crippen LogP contribution >= 0.6 is 0 Å². The molecule has 0 aliphatic carbocycles. The van der Waals surface area contributed by atoms with Crippen LogP contribution in [-0.2, 0) is 0 Å². The SMILES string of the molecule is c1ccc(-c2cc(-c3cccc4c5ccc6c(c7ccccc7n6-c6cccc7c8ccccc8n(-c8ccccc8)c67)c5n(-c5ccccc5)c34)nc(-c3ccccc3)n2)cc1. The molecule has 0 saturated carbocycles. The fourth-order valence-electron chi connectivity index (χ4n) is 9.99. The summed E-state index contributed by atoms with van der Waals surface area (Å²) in [4.78, 5) is 10.5. The van der Waals surface area contributed by atoms with E-state index < -0.39 is 0 Å². The second kappa shape index (κ2) is 14.0. The number of aromatic nitrogens is 5. The first-order chi connectivity index (χ1) is 31.3. The Labute approximate surface area is 363 Å². The second-order valence-electron chi connectivity index (χ2n) is 16.1. The molecule has 5 nitrogen and oxygen atoms in total. The van der Waals surface area contributed by atoms with Crippen LogP contribution in [0.3, 0.4) is 0 Å². The normalized spacial score (nSPS) is 11.8. The van der Waals surface area contributed by atoms with E-state index >= 15 is 0 Å². The van der Waals surface area contributed by atoms with Crippen LogP contribution in [0.2, 0.25) is 0 Å². The highest BCUT2D eigenvalue weighted by molar-refractivity contribution is 6.28. The van der Waals surface area contributed by atoms with Crippen LogP contribution in [0, 0.1) is 0 Å². The molecule has 0 N–H and O–H groups in total. The third kappa shape index (κ3) is 5.36. The monoisotopic (exact) mass is 803 g/mol. The van der Waals surface area contributed by atoms with Gasteiger partial charge in [0.05, 0.1) is 50.2 Å². The third-order valence-electron chi connectivity index (χ3n) is 12.6. The molecule has 0 aliphatic heterocycles. The number of benzene rings is 9. The summed E-state index contributed by atoms with van der Waals surface area (Å²) in [5, 5.41) is 7.19. The van der Waals surface area contributed by atoms with Crippen molar-refractivity contribution in [3.05, 3.63) is 224 Å². The highest BCUT2D eigenvalue weighted by atomic mass is 15.1. The third-order valence-corrected chi connectivity index (χ3v) is 12.6. The van der Waals surface area contributed by atoms with Crippen molar-refractivity contribution in [1.29, 1.82) is 0 Å². The zero-order chi connectivity index (χ0) is 41.4. The number of nitrogens with zero attached hydrogens (tertiary/aromatic N) is 5. The quantitative estimate of drug-likeness (QED) is 0.168. The molecule has 0 atom stereocenters. The van der Waals surface area contributed by atoms with Crippen molar-refractivity contribution in [2.24, 2.45) is 0 Å². The minimum absolute atomic E-state index is 0.693. The summed E-state index contributed by atoms with van der Waals surface area (Å²) < 4.78 is 7.40. The van der Waals surface area contributed by atoms with E-state index in [9.17, 15) is 0 Å². The van der Waals surface area contributed by atoms with Crippen LogP contribution in [-0.4, -0.2) is 23.7 Å². The van der Waals surface area contributed by atoms with Crippen molar-refractivity contribution < 1.29 is 0 Å². The molecule has 0 bridgehead atoms. The zero-order valence-electron chi connectivity index (χ0n) is 34.1. The summed E-state index contributed by atoms with van der Waals surface area (Å²) in [5.74, 6) is 0.693. The Morgan fingerprint density at radius 1 is 0.302 bits per heavy atom. The van der Waals surface area contributed by atoms with Gasteiger partial charge in [0, 0.05) is 60.4 Å². The first-order valence-corrected chi connectivity index (χ1v) is 21.4. The van der Waals surface area contributed by atoms with E-state index in [2.05, 4.69) is 214 Å². The first-order valence-electron chi connectivity index (χ1n) is 21.4. The summed E-state index contributed by atoms with van der Waals surface area (Å²) >= 11 is 0. The largest absolute Gasteiger partial charge is 0.308 e. The van der Waals surface area contributed by atoms with E-state index in [1.807, 2.05) is 24.3 Å². The Morgan fingerprint density at radius 3 is 1.54 bits per heavy atom. The van der Waals surface area contributed by atoms with Gasteiger partial charge in [-0.1, -0.05) is 170 Å². The maximum atomic E-state index is 5.36. The minimum Gasteiger partial charge on any atom is -0.308 e. The van der Waals surface area contributed by atoms with Gasteiger partial charge in [0.2, 0.25) is 0 Å². The lowest BCUT2D eigenvalue weighted by Gasteiger charge is -2.15. The van der Waals surface area contributed by atoms with Crippen LogP contribution in [0.1, 0.15) is 0 Å². The van der Waals surface area contributed by atoms with Gasteiger partial charge in [-0.2, -0.15) is 0 Å². The van der Waals surface area contributed by atoms with Gasteiger partial charge < -0.3 is 13.7 Å². The van der Waals surface area contributed by atoms with Crippen LogP contribution in [0.15, 0.2) is 224 Å². The average molecular weight is 804 g/mol. The maximum Gasteiger partial charge on any atom is 0.160 e. The summed E-state index contributed by atoms with van der Waals surface area (Å²) in [7, 11) is 0. The van der Waals surface area contributed by atoms with Crippen LogP contribution in [0.5, 0.6) is 0 Å². The number of fused-ring (bicyclic) bond motifs is 10. The van der Waals surface area contributed by atoms with Crippen molar-refractivity contribution in [2.75, 3.05) is 0 Å². The summed E-state index contributed by atoms with van der Waals surface area (Å²) in [6.45, 7) is 0. The molecule has 4 aromatic heterocycles. The molecule has 0 fully saturated rings. The van der Waals surface area contributed by atoms with Crippen LogP contribution in [0.4, 0.5) is 0 Å². The van der Waals surface area contributed by atoms with Crippen molar-refractivity contribution in [1.82, 2.24) is 23.7 Å². The van der Waals surface area contributed by atoms with E-state index in [4.69, 9.17) is 9.97 Å². The first kappa shape index (κ1) is 35.2. The number of hydrogen-bond acceptors (Lipinski definition) is 2. The lowest BCUT2D eigenvalue weighted by atomic mass is 10.0. The zero-order valence-corrected chi connectivity index (χ0v) is 34.1. The Balaban J connectivity index is 1.16. The van der Waals surface area contributed by atoms with Gasteiger partial charge in [0.15, 0.2) is 5.82 Å². The molecule has 0 amide bonds. The van der Waals surface area contributed by atoms with Crippen molar-refractivity contribution in [3.63, 3.8) is 0 Å². The summed E-state index contributed by atoms with van der Waals surface area (Å²) in [6, 6.07) is 80.1.